The van der Waals surface area contributed by atoms with Crippen molar-refractivity contribution >= 4 is 18.2 Å². The zero-order valence-electron chi connectivity index (χ0n) is 12.7. The standard InChI is InChI=1S/C18H17NO4/c1-13(15-5-3-2-4-6-15)19-17(21)12-23-18(22)16-9-7-14(11-20)8-10-16/h2-11,13H,12H2,1H3,(H,19,21)/t13-/m0/s1. The van der Waals surface area contributed by atoms with Crippen molar-refractivity contribution in [2.45, 2.75) is 13.0 Å². The van der Waals surface area contributed by atoms with E-state index >= 15 is 0 Å². The molecule has 5 heteroatoms. The Morgan fingerprint density at radius 1 is 1.09 bits per heavy atom. The number of amides is 1. The monoisotopic (exact) mass is 311 g/mol. The summed E-state index contributed by atoms with van der Waals surface area (Å²) in [5.41, 5.74) is 1.73. The van der Waals surface area contributed by atoms with E-state index in [2.05, 4.69) is 5.32 Å². The van der Waals surface area contributed by atoms with E-state index in [1.807, 2.05) is 37.3 Å². The van der Waals surface area contributed by atoms with Crippen molar-refractivity contribution in [3.8, 4) is 0 Å². The molecule has 2 aromatic rings. The summed E-state index contributed by atoms with van der Waals surface area (Å²) in [6.45, 7) is 1.50. The summed E-state index contributed by atoms with van der Waals surface area (Å²) in [7, 11) is 0. The average molecular weight is 311 g/mol. The summed E-state index contributed by atoms with van der Waals surface area (Å²) in [5, 5.41) is 2.76. The highest BCUT2D eigenvalue weighted by Crippen LogP contribution is 2.11. The predicted molar refractivity (Wildman–Crippen MR) is 85.1 cm³/mol. The molecule has 0 aliphatic carbocycles. The lowest BCUT2D eigenvalue weighted by molar-refractivity contribution is -0.124. The van der Waals surface area contributed by atoms with Crippen LogP contribution in [0.3, 0.4) is 0 Å². The Morgan fingerprint density at radius 3 is 2.35 bits per heavy atom. The van der Waals surface area contributed by atoms with Gasteiger partial charge in [-0.25, -0.2) is 4.79 Å². The van der Waals surface area contributed by atoms with E-state index in [9.17, 15) is 14.4 Å². The molecule has 0 aromatic heterocycles. The first-order valence-electron chi connectivity index (χ1n) is 7.17. The van der Waals surface area contributed by atoms with Gasteiger partial charge in [-0.1, -0.05) is 42.5 Å². The number of hydrogen-bond donors (Lipinski definition) is 1. The molecule has 118 valence electrons. The predicted octanol–water partition coefficient (Wildman–Crippen LogP) is 2.53. The molecule has 2 aromatic carbocycles. The third-order valence-electron chi connectivity index (χ3n) is 3.29. The maximum Gasteiger partial charge on any atom is 0.338 e. The number of aldehydes is 1. The third kappa shape index (κ3) is 4.78. The van der Waals surface area contributed by atoms with Crippen molar-refractivity contribution in [3.05, 3.63) is 71.3 Å². The SMILES string of the molecule is C[C@H](NC(=O)COC(=O)c1ccc(C=O)cc1)c1ccccc1. The smallest absolute Gasteiger partial charge is 0.338 e. The normalized spacial score (nSPS) is 11.3. The highest BCUT2D eigenvalue weighted by molar-refractivity contribution is 5.92. The maximum absolute atomic E-state index is 11.8. The van der Waals surface area contributed by atoms with Gasteiger partial charge in [0.2, 0.25) is 0 Å². The fourth-order valence-corrected chi connectivity index (χ4v) is 2.02. The van der Waals surface area contributed by atoms with Crippen LogP contribution in [0.15, 0.2) is 54.6 Å². The lowest BCUT2D eigenvalue weighted by atomic mass is 10.1. The van der Waals surface area contributed by atoms with Gasteiger partial charge in [-0.15, -0.1) is 0 Å². The van der Waals surface area contributed by atoms with E-state index in [0.29, 0.717) is 17.4 Å². The summed E-state index contributed by atoms with van der Waals surface area (Å²) in [5.74, 6) is -0.982. The molecule has 23 heavy (non-hydrogen) atoms. The van der Waals surface area contributed by atoms with Gasteiger partial charge in [0.1, 0.15) is 6.29 Å². The first-order chi connectivity index (χ1) is 11.1. The van der Waals surface area contributed by atoms with E-state index < -0.39 is 5.97 Å². The second-order valence-corrected chi connectivity index (χ2v) is 5.02. The Balaban J connectivity index is 1.83. The molecule has 0 bridgehead atoms. The first-order valence-corrected chi connectivity index (χ1v) is 7.17. The van der Waals surface area contributed by atoms with Crippen LogP contribution in [0, 0.1) is 0 Å². The van der Waals surface area contributed by atoms with Crippen molar-refractivity contribution in [3.63, 3.8) is 0 Å². The van der Waals surface area contributed by atoms with Gasteiger partial charge in [-0.3, -0.25) is 9.59 Å². The van der Waals surface area contributed by atoms with Crippen molar-refractivity contribution in [1.82, 2.24) is 5.32 Å². The highest BCUT2D eigenvalue weighted by atomic mass is 16.5. The molecule has 0 unspecified atom stereocenters. The molecule has 0 radical (unpaired) electrons. The quantitative estimate of drug-likeness (QED) is 0.657. The highest BCUT2D eigenvalue weighted by Gasteiger charge is 2.13. The van der Waals surface area contributed by atoms with Crippen LogP contribution in [0.2, 0.25) is 0 Å². The minimum absolute atomic E-state index is 0.172. The third-order valence-corrected chi connectivity index (χ3v) is 3.29. The van der Waals surface area contributed by atoms with Gasteiger partial charge in [-0.2, -0.15) is 0 Å². The average Bonchev–Trinajstić information content (AvgIpc) is 2.60. The second-order valence-electron chi connectivity index (χ2n) is 5.02. The number of rotatable bonds is 6. The zero-order valence-corrected chi connectivity index (χ0v) is 12.7. The maximum atomic E-state index is 11.8. The van der Waals surface area contributed by atoms with Gasteiger partial charge in [0.25, 0.3) is 5.91 Å². The summed E-state index contributed by atoms with van der Waals surface area (Å²) in [6.07, 6.45) is 0.688. The fourth-order valence-electron chi connectivity index (χ4n) is 2.02. The number of carbonyl (C=O) groups excluding carboxylic acids is 3. The van der Waals surface area contributed by atoms with Crippen molar-refractivity contribution in [2.75, 3.05) is 6.61 Å². The molecule has 0 aliphatic rings. The number of benzene rings is 2. The van der Waals surface area contributed by atoms with Crippen LogP contribution < -0.4 is 5.32 Å². The van der Waals surface area contributed by atoms with Crippen molar-refractivity contribution in [2.24, 2.45) is 0 Å². The first kappa shape index (κ1) is 16.4. The number of carbonyl (C=O) groups is 3. The van der Waals surface area contributed by atoms with Crippen molar-refractivity contribution in [1.29, 1.82) is 0 Å². The van der Waals surface area contributed by atoms with Gasteiger partial charge in [0.05, 0.1) is 11.6 Å². The molecule has 0 spiro atoms. The summed E-state index contributed by atoms with van der Waals surface area (Å²) >= 11 is 0. The van der Waals surface area contributed by atoms with Crippen LogP contribution in [-0.2, 0) is 9.53 Å². The Labute approximate surface area is 134 Å². The molecule has 2 rings (SSSR count). The molecule has 0 heterocycles. The largest absolute Gasteiger partial charge is 0.452 e. The molecule has 0 saturated heterocycles. The van der Waals surface area contributed by atoms with E-state index in [4.69, 9.17) is 4.74 Å². The van der Waals surface area contributed by atoms with Gasteiger partial charge >= 0.3 is 5.97 Å². The number of esters is 1. The van der Waals surface area contributed by atoms with Crippen molar-refractivity contribution < 1.29 is 19.1 Å². The van der Waals surface area contributed by atoms with E-state index in [1.165, 1.54) is 24.3 Å². The minimum Gasteiger partial charge on any atom is -0.452 e. The van der Waals surface area contributed by atoms with Gasteiger partial charge < -0.3 is 10.1 Å². The Bertz CT molecular complexity index is 680. The van der Waals surface area contributed by atoms with Gasteiger partial charge in [-0.05, 0) is 24.6 Å². The Kier molecular flexibility index (Phi) is 5.63. The van der Waals surface area contributed by atoms with Crippen LogP contribution in [0.4, 0.5) is 0 Å². The molecule has 0 fully saturated rings. The van der Waals surface area contributed by atoms with Crippen LogP contribution in [0.1, 0.15) is 39.2 Å². The van der Waals surface area contributed by atoms with E-state index in [1.54, 1.807) is 0 Å². The fraction of sp³-hybridized carbons (Fsp3) is 0.167. The van der Waals surface area contributed by atoms with Crippen LogP contribution >= 0.6 is 0 Å². The number of hydrogen-bond acceptors (Lipinski definition) is 4. The van der Waals surface area contributed by atoms with Gasteiger partial charge in [0, 0.05) is 5.56 Å². The molecule has 1 atom stereocenters. The molecule has 0 saturated carbocycles. The van der Waals surface area contributed by atoms with Crippen LogP contribution in [0.25, 0.3) is 0 Å². The topological polar surface area (TPSA) is 72.5 Å². The molecule has 0 aliphatic heterocycles. The number of nitrogens with one attached hydrogen (secondary N) is 1. The van der Waals surface area contributed by atoms with E-state index in [0.717, 1.165) is 5.56 Å². The molecular weight excluding hydrogens is 294 g/mol. The summed E-state index contributed by atoms with van der Waals surface area (Å²) in [4.78, 5) is 34.2. The zero-order chi connectivity index (χ0) is 16.7. The molecular formula is C18H17NO4. The Morgan fingerprint density at radius 2 is 1.74 bits per heavy atom. The molecule has 1 N–H and O–H groups in total. The minimum atomic E-state index is -0.607. The van der Waals surface area contributed by atoms with Gasteiger partial charge in [0.15, 0.2) is 6.61 Å². The molecule has 5 nitrogen and oxygen atoms in total. The van der Waals surface area contributed by atoms with Crippen LogP contribution in [0.5, 0.6) is 0 Å². The lowest BCUT2D eigenvalue weighted by Gasteiger charge is -2.14. The van der Waals surface area contributed by atoms with E-state index in [-0.39, 0.29) is 18.6 Å². The number of ether oxygens (including phenoxy) is 1. The second kappa shape index (κ2) is 7.89. The lowest BCUT2D eigenvalue weighted by Crippen LogP contribution is -2.31. The molecule has 1 amide bonds. The van der Waals surface area contributed by atoms with Crippen LogP contribution in [-0.4, -0.2) is 24.8 Å². The Hall–Kier alpha value is -2.95. The summed E-state index contributed by atoms with van der Waals surface area (Å²) < 4.78 is 4.96. The summed E-state index contributed by atoms with van der Waals surface area (Å²) in [6, 6.07) is 15.3.